The monoisotopic (exact) mass is 410 g/mol. The summed E-state index contributed by atoms with van der Waals surface area (Å²) in [5, 5.41) is 4.64. The number of ether oxygens (including phenoxy) is 1. The van der Waals surface area contributed by atoms with Crippen molar-refractivity contribution in [2.24, 2.45) is 0 Å². The van der Waals surface area contributed by atoms with Crippen LogP contribution in [0.5, 0.6) is 5.75 Å². The Morgan fingerprint density at radius 3 is 2.64 bits per heavy atom. The third-order valence-corrected chi connectivity index (χ3v) is 7.09. The maximum Gasteiger partial charge on any atom is 0.152 e. The van der Waals surface area contributed by atoms with Crippen LogP contribution in [0.2, 0.25) is 0 Å². The third-order valence-electron chi connectivity index (χ3n) is 5.34. The van der Waals surface area contributed by atoms with Gasteiger partial charge in [0.2, 0.25) is 0 Å². The van der Waals surface area contributed by atoms with Gasteiger partial charge in [0.05, 0.1) is 49.0 Å². The molecule has 1 aliphatic rings. The van der Waals surface area contributed by atoms with Gasteiger partial charge in [-0.25, -0.2) is 12.8 Å². The van der Waals surface area contributed by atoms with Gasteiger partial charge >= 0.3 is 0 Å². The van der Waals surface area contributed by atoms with Crippen LogP contribution in [0.15, 0.2) is 24.3 Å². The molecule has 1 fully saturated rings. The number of nitrogens with one attached hydrogen (secondary N) is 1. The molecule has 1 aromatic carbocycles. The highest BCUT2D eigenvalue weighted by Gasteiger charge is 2.31. The van der Waals surface area contributed by atoms with Crippen molar-refractivity contribution in [2.75, 3.05) is 31.7 Å². The molecule has 1 saturated heterocycles. The van der Waals surface area contributed by atoms with Crippen LogP contribution >= 0.6 is 0 Å². The molecule has 2 heterocycles. The first-order valence-electron chi connectivity index (χ1n) is 9.70. The molecule has 3 rings (SSSR count). The van der Waals surface area contributed by atoms with Crippen LogP contribution in [0.1, 0.15) is 35.8 Å². The fourth-order valence-electron chi connectivity index (χ4n) is 3.76. The van der Waals surface area contributed by atoms with E-state index >= 15 is 0 Å². The lowest BCUT2D eigenvalue weighted by Crippen LogP contribution is -3.07. The van der Waals surface area contributed by atoms with E-state index in [1.165, 1.54) is 22.6 Å². The van der Waals surface area contributed by atoms with E-state index in [1.807, 2.05) is 18.5 Å². The molecule has 1 N–H and O–H groups in total. The predicted molar refractivity (Wildman–Crippen MR) is 106 cm³/mol. The number of rotatable bonds is 8. The molecule has 2 atom stereocenters. The number of quaternary nitrogens is 1. The fourth-order valence-corrected chi connectivity index (χ4v) is 5.45. The van der Waals surface area contributed by atoms with Crippen molar-refractivity contribution in [2.45, 2.75) is 39.3 Å². The first kappa shape index (κ1) is 20.8. The molecular weight excluding hydrogens is 381 g/mol. The lowest BCUT2D eigenvalue weighted by Gasteiger charge is -2.15. The highest BCUT2D eigenvalue weighted by molar-refractivity contribution is 7.91. The highest BCUT2D eigenvalue weighted by atomic mass is 32.2. The molecule has 28 heavy (non-hydrogen) atoms. The zero-order chi connectivity index (χ0) is 20.3. The summed E-state index contributed by atoms with van der Waals surface area (Å²) in [7, 11) is -0.795. The van der Waals surface area contributed by atoms with E-state index in [1.54, 1.807) is 12.1 Å². The molecule has 0 saturated carbocycles. The van der Waals surface area contributed by atoms with Crippen LogP contribution in [0, 0.1) is 19.7 Å². The average molecular weight is 411 g/mol. The van der Waals surface area contributed by atoms with Crippen LogP contribution in [-0.4, -0.2) is 49.9 Å². The summed E-state index contributed by atoms with van der Waals surface area (Å²) in [5.74, 6) is 0.860. The van der Waals surface area contributed by atoms with Gasteiger partial charge in [0.25, 0.3) is 0 Å². The Balaban J connectivity index is 1.51. The standard InChI is InChI=1S/C20H28FN3O3S/c1-15-20(16(2)24(22-15)18-9-12-28(25,26)14-18)13-23(3)10-4-11-27-19-7-5-17(21)6-8-19/h5-8,18H,4,9-14H2,1-3H3/p+1/t18-/m1/s1. The van der Waals surface area contributed by atoms with Crippen molar-refractivity contribution in [1.29, 1.82) is 0 Å². The molecule has 154 valence electrons. The molecular formula is C20H29FN3O3S+. The van der Waals surface area contributed by atoms with E-state index in [9.17, 15) is 12.8 Å². The summed E-state index contributed by atoms with van der Waals surface area (Å²) in [5.41, 5.74) is 3.24. The van der Waals surface area contributed by atoms with Crippen molar-refractivity contribution < 1.29 is 22.4 Å². The maximum atomic E-state index is 12.9. The average Bonchev–Trinajstić information content (AvgIpc) is 3.14. The normalized spacial score (nSPS) is 19.6. The van der Waals surface area contributed by atoms with Gasteiger partial charge in [-0.05, 0) is 44.5 Å². The minimum atomic E-state index is -2.93. The Kier molecular flexibility index (Phi) is 6.40. The molecule has 1 aromatic heterocycles. The number of hydrogen-bond acceptors (Lipinski definition) is 4. The van der Waals surface area contributed by atoms with E-state index in [0.29, 0.717) is 18.8 Å². The first-order chi connectivity index (χ1) is 13.2. The van der Waals surface area contributed by atoms with Crippen molar-refractivity contribution in [3.05, 3.63) is 47.0 Å². The molecule has 2 aromatic rings. The molecule has 0 amide bonds. The summed E-state index contributed by atoms with van der Waals surface area (Å²) >= 11 is 0. The number of sulfone groups is 1. The second-order valence-electron chi connectivity index (χ2n) is 7.69. The molecule has 1 unspecified atom stereocenters. The SMILES string of the molecule is Cc1nn([C@@H]2CCS(=O)(=O)C2)c(C)c1C[NH+](C)CCCOc1ccc(F)cc1. The number of aromatic nitrogens is 2. The number of nitrogens with zero attached hydrogens (tertiary/aromatic N) is 2. The first-order valence-corrected chi connectivity index (χ1v) is 11.5. The van der Waals surface area contributed by atoms with Gasteiger partial charge in [-0.1, -0.05) is 0 Å². The van der Waals surface area contributed by atoms with Crippen molar-refractivity contribution >= 4 is 9.84 Å². The maximum absolute atomic E-state index is 12.9. The minimum absolute atomic E-state index is 0.0399. The van der Waals surface area contributed by atoms with E-state index < -0.39 is 9.84 Å². The summed E-state index contributed by atoms with van der Waals surface area (Å²) in [6.45, 7) is 6.38. The molecule has 0 radical (unpaired) electrons. The van der Waals surface area contributed by atoms with Gasteiger partial charge in [0, 0.05) is 12.1 Å². The van der Waals surface area contributed by atoms with E-state index in [4.69, 9.17) is 4.74 Å². The summed E-state index contributed by atoms with van der Waals surface area (Å²) in [6, 6.07) is 6.02. The second kappa shape index (κ2) is 8.61. The molecule has 0 bridgehead atoms. The molecule has 0 spiro atoms. The van der Waals surface area contributed by atoms with Crippen LogP contribution in [-0.2, 0) is 16.4 Å². The van der Waals surface area contributed by atoms with Crippen molar-refractivity contribution in [3.63, 3.8) is 0 Å². The fraction of sp³-hybridized carbons (Fsp3) is 0.550. The predicted octanol–water partition coefficient (Wildman–Crippen LogP) is 1.48. The van der Waals surface area contributed by atoms with Gasteiger partial charge in [0.15, 0.2) is 9.84 Å². The lowest BCUT2D eigenvalue weighted by molar-refractivity contribution is -0.894. The molecule has 0 aliphatic carbocycles. The number of hydrogen-bond donors (Lipinski definition) is 1. The van der Waals surface area contributed by atoms with Crippen LogP contribution in [0.3, 0.4) is 0 Å². The summed E-state index contributed by atoms with van der Waals surface area (Å²) < 4.78 is 44.0. The Morgan fingerprint density at radius 1 is 1.29 bits per heavy atom. The topological polar surface area (TPSA) is 65.6 Å². The number of halogens is 1. The quantitative estimate of drug-likeness (QED) is 0.670. The summed E-state index contributed by atoms with van der Waals surface area (Å²) in [4.78, 5) is 1.34. The van der Waals surface area contributed by atoms with Gasteiger partial charge in [-0.3, -0.25) is 4.68 Å². The highest BCUT2D eigenvalue weighted by Crippen LogP contribution is 2.26. The zero-order valence-electron chi connectivity index (χ0n) is 16.7. The summed E-state index contributed by atoms with van der Waals surface area (Å²) in [6.07, 6.45) is 1.53. The van der Waals surface area contributed by atoms with Gasteiger partial charge in [-0.2, -0.15) is 5.10 Å². The van der Waals surface area contributed by atoms with E-state index in [-0.39, 0.29) is 23.4 Å². The van der Waals surface area contributed by atoms with Gasteiger partial charge in [-0.15, -0.1) is 0 Å². The Labute approximate surface area is 166 Å². The Hall–Kier alpha value is -1.93. The Bertz CT molecular complexity index is 910. The lowest BCUT2D eigenvalue weighted by atomic mass is 10.1. The zero-order valence-corrected chi connectivity index (χ0v) is 17.6. The van der Waals surface area contributed by atoms with Crippen LogP contribution in [0.4, 0.5) is 4.39 Å². The number of benzene rings is 1. The molecule has 1 aliphatic heterocycles. The largest absolute Gasteiger partial charge is 0.493 e. The smallest absolute Gasteiger partial charge is 0.152 e. The molecule has 6 nitrogen and oxygen atoms in total. The van der Waals surface area contributed by atoms with Crippen LogP contribution in [0.25, 0.3) is 0 Å². The van der Waals surface area contributed by atoms with E-state index in [2.05, 4.69) is 12.1 Å². The van der Waals surface area contributed by atoms with Crippen LogP contribution < -0.4 is 9.64 Å². The van der Waals surface area contributed by atoms with Gasteiger partial charge in [0.1, 0.15) is 18.1 Å². The molecule has 8 heteroatoms. The van der Waals surface area contributed by atoms with Crippen molar-refractivity contribution in [1.82, 2.24) is 9.78 Å². The minimum Gasteiger partial charge on any atom is -0.493 e. The third kappa shape index (κ3) is 5.11. The van der Waals surface area contributed by atoms with Crippen molar-refractivity contribution in [3.8, 4) is 5.75 Å². The second-order valence-corrected chi connectivity index (χ2v) is 9.92. The number of aryl methyl sites for hydroxylation is 1. The Morgan fingerprint density at radius 2 is 2.00 bits per heavy atom. The van der Waals surface area contributed by atoms with Gasteiger partial charge < -0.3 is 9.64 Å². The van der Waals surface area contributed by atoms with E-state index in [0.717, 1.165) is 30.9 Å².